The van der Waals surface area contributed by atoms with Crippen LogP contribution in [0.1, 0.15) is 35.6 Å². The molecule has 0 radical (unpaired) electrons. The van der Waals surface area contributed by atoms with E-state index in [1.165, 1.54) is 13.4 Å². The summed E-state index contributed by atoms with van der Waals surface area (Å²) in [6, 6.07) is 1.76. The molecule has 30 heavy (non-hydrogen) atoms. The van der Waals surface area contributed by atoms with Gasteiger partial charge in [0.25, 0.3) is 0 Å². The molecule has 4 rings (SSSR count). The zero-order valence-electron chi connectivity index (χ0n) is 17.2. The van der Waals surface area contributed by atoms with Crippen LogP contribution in [0.15, 0.2) is 18.7 Å². The predicted octanol–water partition coefficient (Wildman–Crippen LogP) is 3.66. The summed E-state index contributed by atoms with van der Waals surface area (Å²) in [6.07, 6.45) is 2.73. The maximum Gasteiger partial charge on any atom is 0.409 e. The van der Waals surface area contributed by atoms with Crippen LogP contribution in [0.3, 0.4) is 0 Å². The number of aromatic nitrogens is 4. The summed E-state index contributed by atoms with van der Waals surface area (Å²) in [4.78, 5) is 29.1. The molecule has 2 N–H and O–H groups in total. The first kappa shape index (κ1) is 20.2. The lowest BCUT2D eigenvalue weighted by molar-refractivity contribution is 0.0873. The number of anilines is 1. The second kappa shape index (κ2) is 7.98. The van der Waals surface area contributed by atoms with Gasteiger partial charge in [-0.25, -0.2) is 19.7 Å². The van der Waals surface area contributed by atoms with Crippen LogP contribution in [0.5, 0.6) is 5.75 Å². The quantitative estimate of drug-likeness (QED) is 0.636. The molecule has 3 aromatic rings. The second-order valence-electron chi connectivity index (χ2n) is 7.28. The number of aromatic amines is 1. The maximum absolute atomic E-state index is 11.8. The van der Waals surface area contributed by atoms with Gasteiger partial charge in [0.05, 0.1) is 26.6 Å². The van der Waals surface area contributed by atoms with E-state index < -0.39 is 0 Å². The first-order chi connectivity index (χ1) is 14.4. The molecule has 2 aromatic heterocycles. The molecular weight excluding hydrogens is 408 g/mol. The topological polar surface area (TPSA) is 105 Å². The highest BCUT2D eigenvalue weighted by molar-refractivity contribution is 6.31. The molecule has 0 spiro atoms. The SMILES string of the molecule is COC(=O)N1CC(c2c(C)c(Cl)cc(C(C)Nc3ncnc4nc[nH]c34)c2OC)C1. The lowest BCUT2D eigenvalue weighted by atomic mass is 9.85. The fraction of sp³-hybridized carbons (Fsp3) is 0.400. The van der Waals surface area contributed by atoms with Gasteiger partial charge in [0, 0.05) is 35.2 Å². The van der Waals surface area contributed by atoms with Crippen molar-refractivity contribution >= 4 is 34.7 Å². The molecule has 10 heteroatoms. The van der Waals surface area contributed by atoms with Crippen LogP contribution in [0.2, 0.25) is 5.02 Å². The summed E-state index contributed by atoms with van der Waals surface area (Å²) in [6.45, 7) is 5.11. The fourth-order valence-corrected chi connectivity index (χ4v) is 4.12. The third-order valence-corrected chi connectivity index (χ3v) is 5.91. The third kappa shape index (κ3) is 3.39. The minimum Gasteiger partial charge on any atom is -0.496 e. The van der Waals surface area contributed by atoms with Crippen molar-refractivity contribution in [2.45, 2.75) is 25.8 Å². The first-order valence-electron chi connectivity index (χ1n) is 9.55. The summed E-state index contributed by atoms with van der Waals surface area (Å²) in [5.41, 5.74) is 4.20. The molecule has 0 aliphatic carbocycles. The molecule has 1 fully saturated rings. The average molecular weight is 431 g/mol. The van der Waals surface area contributed by atoms with Crippen molar-refractivity contribution in [2.75, 3.05) is 32.6 Å². The number of methoxy groups -OCH3 is 2. The summed E-state index contributed by atoms with van der Waals surface area (Å²) in [7, 11) is 3.03. The van der Waals surface area contributed by atoms with E-state index in [1.54, 1.807) is 18.3 Å². The first-order valence-corrected chi connectivity index (χ1v) is 9.92. The van der Waals surface area contributed by atoms with E-state index >= 15 is 0 Å². The molecular formula is C20H23ClN6O3. The molecule has 9 nitrogen and oxygen atoms in total. The van der Waals surface area contributed by atoms with E-state index in [0.717, 1.165) is 28.0 Å². The Kier molecular flexibility index (Phi) is 5.38. The molecule has 1 aromatic carbocycles. The third-order valence-electron chi connectivity index (χ3n) is 5.52. The number of nitrogens with zero attached hydrogens (tertiary/aromatic N) is 4. The Bertz CT molecular complexity index is 1100. The van der Waals surface area contributed by atoms with Crippen LogP contribution in [-0.2, 0) is 4.74 Å². The smallest absolute Gasteiger partial charge is 0.409 e. The van der Waals surface area contributed by atoms with Crippen molar-refractivity contribution in [1.29, 1.82) is 0 Å². The molecule has 1 unspecified atom stereocenters. The second-order valence-corrected chi connectivity index (χ2v) is 7.69. The summed E-state index contributed by atoms with van der Waals surface area (Å²) >= 11 is 6.59. The van der Waals surface area contributed by atoms with Crippen molar-refractivity contribution < 1.29 is 14.3 Å². The van der Waals surface area contributed by atoms with Gasteiger partial charge >= 0.3 is 6.09 Å². The van der Waals surface area contributed by atoms with E-state index in [2.05, 4.69) is 25.3 Å². The van der Waals surface area contributed by atoms with Crippen LogP contribution >= 0.6 is 11.6 Å². The standard InChI is InChI=1S/C20H23ClN6O3/c1-10-14(21)5-13(11(2)26-19-16-18(23-8-22-16)24-9-25-19)17(29-3)15(10)12-6-27(7-12)20(28)30-4/h5,8-9,11-12H,6-7H2,1-4H3,(H2,22,23,24,25,26). The summed E-state index contributed by atoms with van der Waals surface area (Å²) in [5, 5.41) is 4.05. The van der Waals surface area contributed by atoms with E-state index in [9.17, 15) is 4.79 Å². The number of benzene rings is 1. The van der Waals surface area contributed by atoms with Gasteiger partial charge in [-0.3, -0.25) is 0 Å². The molecule has 3 heterocycles. The Balaban J connectivity index is 1.67. The number of halogens is 1. The van der Waals surface area contributed by atoms with Gasteiger partial charge in [-0.1, -0.05) is 11.6 Å². The van der Waals surface area contributed by atoms with Crippen molar-refractivity contribution in [2.24, 2.45) is 0 Å². The summed E-state index contributed by atoms with van der Waals surface area (Å²) < 4.78 is 10.6. The van der Waals surface area contributed by atoms with Crippen LogP contribution < -0.4 is 10.1 Å². The molecule has 1 aliphatic heterocycles. The molecule has 1 saturated heterocycles. The normalized spacial score (nSPS) is 15.0. The van der Waals surface area contributed by atoms with Crippen molar-refractivity contribution in [1.82, 2.24) is 24.8 Å². The van der Waals surface area contributed by atoms with Gasteiger partial charge in [-0.15, -0.1) is 0 Å². The largest absolute Gasteiger partial charge is 0.496 e. The highest BCUT2D eigenvalue weighted by Crippen LogP contribution is 2.43. The van der Waals surface area contributed by atoms with E-state index in [1.807, 2.05) is 19.9 Å². The Hall–Kier alpha value is -3.07. The fourth-order valence-electron chi connectivity index (χ4n) is 3.90. The number of H-pyrrole nitrogens is 1. The highest BCUT2D eigenvalue weighted by Gasteiger charge is 2.36. The Morgan fingerprint density at radius 1 is 1.33 bits per heavy atom. The maximum atomic E-state index is 11.8. The van der Waals surface area contributed by atoms with Gasteiger partial charge in [0.15, 0.2) is 11.5 Å². The number of amides is 1. The van der Waals surface area contributed by atoms with Crippen LogP contribution in [0.4, 0.5) is 10.6 Å². The van der Waals surface area contributed by atoms with Crippen molar-refractivity contribution in [3.63, 3.8) is 0 Å². The van der Waals surface area contributed by atoms with E-state index in [4.69, 9.17) is 21.1 Å². The van der Waals surface area contributed by atoms with E-state index in [0.29, 0.717) is 29.6 Å². The number of rotatable bonds is 5. The lowest BCUT2D eigenvalue weighted by Gasteiger charge is -2.40. The van der Waals surface area contributed by atoms with Crippen molar-refractivity contribution in [3.8, 4) is 5.75 Å². The lowest BCUT2D eigenvalue weighted by Crippen LogP contribution is -2.48. The number of likely N-dealkylation sites (tertiary alicyclic amines) is 1. The van der Waals surface area contributed by atoms with Gasteiger partial charge in [-0.05, 0) is 25.5 Å². The van der Waals surface area contributed by atoms with Gasteiger partial charge in [-0.2, -0.15) is 0 Å². The van der Waals surface area contributed by atoms with Crippen LogP contribution in [-0.4, -0.2) is 58.2 Å². The monoisotopic (exact) mass is 430 g/mol. The minimum absolute atomic E-state index is 0.127. The Morgan fingerprint density at radius 2 is 2.10 bits per heavy atom. The van der Waals surface area contributed by atoms with Crippen LogP contribution in [0, 0.1) is 6.92 Å². The number of fused-ring (bicyclic) bond motifs is 1. The number of carbonyl (C=O) groups excluding carboxylic acids is 1. The van der Waals surface area contributed by atoms with Gasteiger partial charge < -0.3 is 24.7 Å². The van der Waals surface area contributed by atoms with E-state index in [-0.39, 0.29) is 18.1 Å². The molecule has 158 valence electrons. The number of nitrogens with one attached hydrogen (secondary N) is 2. The number of imidazole rings is 1. The Labute approximate surface area is 178 Å². The zero-order valence-corrected chi connectivity index (χ0v) is 17.9. The summed E-state index contributed by atoms with van der Waals surface area (Å²) in [5.74, 6) is 1.54. The number of ether oxygens (including phenoxy) is 2. The molecule has 1 aliphatic rings. The minimum atomic E-state index is -0.326. The zero-order chi connectivity index (χ0) is 21.4. The highest BCUT2D eigenvalue weighted by atomic mass is 35.5. The number of hydrogen-bond donors (Lipinski definition) is 2. The molecule has 1 atom stereocenters. The average Bonchev–Trinajstić information content (AvgIpc) is 3.19. The van der Waals surface area contributed by atoms with Gasteiger partial charge in [0.2, 0.25) is 0 Å². The van der Waals surface area contributed by atoms with Crippen LogP contribution in [0.25, 0.3) is 11.2 Å². The van der Waals surface area contributed by atoms with Gasteiger partial charge in [0.1, 0.15) is 17.6 Å². The van der Waals surface area contributed by atoms with Crippen molar-refractivity contribution in [3.05, 3.63) is 40.4 Å². The number of carbonyl (C=O) groups is 1. The molecule has 1 amide bonds. The molecule has 0 saturated carbocycles. The molecule has 0 bridgehead atoms. The predicted molar refractivity (Wildman–Crippen MR) is 113 cm³/mol. The Morgan fingerprint density at radius 3 is 2.80 bits per heavy atom. The number of hydrogen-bond acceptors (Lipinski definition) is 7.